The Hall–Kier alpha value is -0.740. The minimum absolute atomic E-state index is 0.0425. The fraction of sp³-hybridized carbons (Fsp3) is 0.375. The van der Waals surface area contributed by atoms with Gasteiger partial charge in [0.15, 0.2) is 0 Å². The third kappa shape index (κ3) is 5.51. The number of halogens is 2. The molecule has 0 aliphatic heterocycles. The van der Waals surface area contributed by atoms with E-state index in [1.54, 1.807) is 0 Å². The van der Waals surface area contributed by atoms with Gasteiger partial charge < -0.3 is 10.1 Å². The quantitative estimate of drug-likeness (QED) is 0.771. The van der Waals surface area contributed by atoms with E-state index in [4.69, 9.17) is 27.9 Å². The first-order valence-corrected chi connectivity index (χ1v) is 8.31. The number of rotatable bonds is 5. The molecule has 0 saturated carbocycles. The van der Waals surface area contributed by atoms with Crippen LogP contribution in [0.3, 0.4) is 0 Å². The Kier molecular flexibility index (Phi) is 5.55. The highest BCUT2D eigenvalue weighted by Gasteiger charge is 2.12. The highest BCUT2D eigenvalue weighted by atomic mass is 35.5. The van der Waals surface area contributed by atoms with E-state index < -0.39 is 0 Å². The Bertz CT molecular complexity index is 605. The van der Waals surface area contributed by atoms with Crippen LogP contribution in [0.5, 0.6) is 5.75 Å². The first-order chi connectivity index (χ1) is 9.83. The van der Waals surface area contributed by atoms with Crippen LogP contribution in [0, 0.1) is 0 Å². The predicted molar refractivity (Wildman–Crippen MR) is 91.7 cm³/mol. The SMILES string of the molecule is CC(C)(C)NCc1cc(Cl)ccc1OCc1ccc(Cl)s1. The van der Waals surface area contributed by atoms with Gasteiger partial charge in [-0.1, -0.05) is 23.2 Å². The summed E-state index contributed by atoms with van der Waals surface area (Å²) >= 11 is 13.6. The van der Waals surface area contributed by atoms with E-state index in [1.165, 1.54) is 11.3 Å². The van der Waals surface area contributed by atoms with Crippen molar-refractivity contribution in [3.8, 4) is 5.75 Å². The molecule has 0 unspecified atom stereocenters. The lowest BCUT2D eigenvalue weighted by molar-refractivity contribution is 0.303. The molecule has 114 valence electrons. The van der Waals surface area contributed by atoms with E-state index in [-0.39, 0.29) is 5.54 Å². The summed E-state index contributed by atoms with van der Waals surface area (Å²) in [5.74, 6) is 0.848. The predicted octanol–water partition coefficient (Wildman–Crippen LogP) is 5.52. The van der Waals surface area contributed by atoms with Crippen LogP contribution in [-0.2, 0) is 13.2 Å². The smallest absolute Gasteiger partial charge is 0.124 e. The third-order valence-corrected chi connectivity index (χ3v) is 4.27. The molecule has 0 atom stereocenters. The molecule has 1 aromatic carbocycles. The van der Waals surface area contributed by atoms with Crippen molar-refractivity contribution >= 4 is 34.5 Å². The number of benzene rings is 1. The molecule has 0 radical (unpaired) electrons. The zero-order valence-electron chi connectivity index (χ0n) is 12.4. The molecule has 0 saturated heterocycles. The Morgan fingerprint density at radius 2 is 1.90 bits per heavy atom. The number of nitrogens with one attached hydrogen (secondary N) is 1. The van der Waals surface area contributed by atoms with Gasteiger partial charge in [-0.05, 0) is 51.1 Å². The van der Waals surface area contributed by atoms with Gasteiger partial charge in [0.1, 0.15) is 12.4 Å². The molecule has 0 bridgehead atoms. The van der Waals surface area contributed by atoms with Gasteiger partial charge in [0.05, 0.1) is 4.34 Å². The Balaban J connectivity index is 2.07. The van der Waals surface area contributed by atoms with Crippen LogP contribution in [0.4, 0.5) is 0 Å². The molecule has 21 heavy (non-hydrogen) atoms. The molecular formula is C16H19Cl2NOS. The van der Waals surface area contributed by atoms with Crippen LogP contribution in [0.1, 0.15) is 31.2 Å². The molecule has 2 nitrogen and oxygen atoms in total. The Labute approximate surface area is 140 Å². The summed E-state index contributed by atoms with van der Waals surface area (Å²) in [4.78, 5) is 1.10. The molecule has 5 heteroatoms. The highest BCUT2D eigenvalue weighted by Crippen LogP contribution is 2.27. The van der Waals surface area contributed by atoms with Crippen molar-refractivity contribution in [2.24, 2.45) is 0 Å². The van der Waals surface area contributed by atoms with Gasteiger partial charge in [-0.3, -0.25) is 0 Å². The van der Waals surface area contributed by atoms with Crippen molar-refractivity contribution in [3.63, 3.8) is 0 Å². The van der Waals surface area contributed by atoms with Gasteiger partial charge in [0.2, 0.25) is 0 Å². The monoisotopic (exact) mass is 343 g/mol. The minimum atomic E-state index is 0.0425. The molecule has 0 aliphatic rings. The molecule has 2 rings (SSSR count). The number of hydrogen-bond donors (Lipinski definition) is 1. The average Bonchev–Trinajstić information content (AvgIpc) is 2.80. The first-order valence-electron chi connectivity index (χ1n) is 6.74. The van der Waals surface area contributed by atoms with Crippen molar-refractivity contribution in [3.05, 3.63) is 50.1 Å². The van der Waals surface area contributed by atoms with Gasteiger partial charge in [-0.2, -0.15) is 0 Å². The fourth-order valence-electron chi connectivity index (χ4n) is 1.77. The number of ether oxygens (including phenoxy) is 1. The molecule has 1 heterocycles. The largest absolute Gasteiger partial charge is 0.488 e. The van der Waals surface area contributed by atoms with Crippen molar-refractivity contribution in [1.29, 1.82) is 0 Å². The maximum Gasteiger partial charge on any atom is 0.124 e. The number of hydrogen-bond acceptors (Lipinski definition) is 3. The van der Waals surface area contributed by atoms with E-state index in [2.05, 4.69) is 26.1 Å². The summed E-state index contributed by atoms with van der Waals surface area (Å²) in [5, 5.41) is 4.17. The lowest BCUT2D eigenvalue weighted by Gasteiger charge is -2.21. The van der Waals surface area contributed by atoms with Crippen molar-refractivity contribution < 1.29 is 4.74 Å². The van der Waals surface area contributed by atoms with E-state index in [0.29, 0.717) is 18.2 Å². The molecule has 2 aromatic rings. The molecular weight excluding hydrogens is 325 g/mol. The first kappa shape index (κ1) is 16.6. The van der Waals surface area contributed by atoms with Gasteiger partial charge in [0.25, 0.3) is 0 Å². The topological polar surface area (TPSA) is 21.3 Å². The van der Waals surface area contributed by atoms with Crippen molar-refractivity contribution in [1.82, 2.24) is 5.32 Å². The lowest BCUT2D eigenvalue weighted by atomic mass is 10.1. The zero-order valence-corrected chi connectivity index (χ0v) is 14.7. The molecule has 1 N–H and O–H groups in total. The van der Waals surface area contributed by atoms with Crippen LogP contribution >= 0.6 is 34.5 Å². The van der Waals surface area contributed by atoms with E-state index >= 15 is 0 Å². The standard InChI is InChI=1S/C16H19Cl2NOS/c1-16(2,3)19-9-11-8-12(17)4-6-14(11)20-10-13-5-7-15(18)21-13/h4-8,19H,9-10H2,1-3H3. The zero-order chi connectivity index (χ0) is 15.5. The van der Waals surface area contributed by atoms with Crippen LogP contribution in [0.15, 0.2) is 30.3 Å². The Morgan fingerprint density at radius 3 is 2.52 bits per heavy atom. The maximum absolute atomic E-state index is 6.09. The molecule has 0 aliphatic carbocycles. The highest BCUT2D eigenvalue weighted by molar-refractivity contribution is 7.16. The summed E-state index contributed by atoms with van der Waals surface area (Å²) in [6.07, 6.45) is 0. The second kappa shape index (κ2) is 7.01. The summed E-state index contributed by atoms with van der Waals surface area (Å²) in [5.41, 5.74) is 1.10. The lowest BCUT2D eigenvalue weighted by Crippen LogP contribution is -2.35. The Morgan fingerprint density at radius 1 is 1.14 bits per heavy atom. The average molecular weight is 344 g/mol. The molecule has 0 amide bonds. The van der Waals surface area contributed by atoms with Gasteiger partial charge in [-0.25, -0.2) is 0 Å². The maximum atomic E-state index is 6.09. The van der Waals surface area contributed by atoms with Gasteiger partial charge in [0, 0.05) is 27.5 Å². The summed E-state index contributed by atoms with van der Waals surface area (Å²) in [6, 6.07) is 9.57. The van der Waals surface area contributed by atoms with Crippen LogP contribution in [0.25, 0.3) is 0 Å². The molecule has 0 spiro atoms. The second-order valence-corrected chi connectivity index (χ2v) is 8.09. The molecule has 0 fully saturated rings. The van der Waals surface area contributed by atoms with Crippen LogP contribution < -0.4 is 10.1 Å². The number of thiophene rings is 1. The van der Waals surface area contributed by atoms with E-state index in [0.717, 1.165) is 20.5 Å². The van der Waals surface area contributed by atoms with Crippen LogP contribution in [0.2, 0.25) is 9.36 Å². The van der Waals surface area contributed by atoms with Crippen molar-refractivity contribution in [2.45, 2.75) is 39.5 Å². The summed E-state index contributed by atoms with van der Waals surface area (Å²) in [7, 11) is 0. The third-order valence-electron chi connectivity index (χ3n) is 2.83. The fourth-order valence-corrected chi connectivity index (χ4v) is 2.96. The minimum Gasteiger partial charge on any atom is -0.488 e. The van der Waals surface area contributed by atoms with E-state index in [1.807, 2.05) is 30.3 Å². The summed E-state index contributed by atoms with van der Waals surface area (Å²) < 4.78 is 6.69. The van der Waals surface area contributed by atoms with Crippen LogP contribution in [-0.4, -0.2) is 5.54 Å². The van der Waals surface area contributed by atoms with Gasteiger partial charge >= 0.3 is 0 Å². The summed E-state index contributed by atoms with van der Waals surface area (Å²) in [6.45, 7) is 7.62. The normalized spacial score (nSPS) is 11.7. The van der Waals surface area contributed by atoms with Crippen molar-refractivity contribution in [2.75, 3.05) is 0 Å². The molecule has 1 aromatic heterocycles. The second-order valence-electron chi connectivity index (χ2n) is 5.85. The van der Waals surface area contributed by atoms with E-state index in [9.17, 15) is 0 Å². The van der Waals surface area contributed by atoms with Gasteiger partial charge in [-0.15, -0.1) is 11.3 Å².